The van der Waals surface area contributed by atoms with Gasteiger partial charge in [-0.05, 0) is 89.0 Å². The molecule has 2 aromatic heterocycles. The maximum Gasteiger partial charge on any atom is 0.160 e. The van der Waals surface area contributed by atoms with Crippen molar-refractivity contribution in [1.29, 1.82) is 0 Å². The van der Waals surface area contributed by atoms with Gasteiger partial charge in [-0.25, -0.2) is 9.97 Å². The molecule has 2 saturated heterocycles. The Morgan fingerprint density at radius 1 is 0.941 bits per heavy atom. The zero-order chi connectivity index (χ0) is 23.7. The maximum atomic E-state index is 4.89. The summed E-state index contributed by atoms with van der Waals surface area (Å²) in [6.07, 6.45) is 6.04. The van der Waals surface area contributed by atoms with Crippen LogP contribution < -0.4 is 5.32 Å². The van der Waals surface area contributed by atoms with Crippen molar-refractivity contribution < 1.29 is 0 Å². The lowest BCUT2D eigenvalue weighted by molar-refractivity contribution is 0.0994. The molecule has 2 fully saturated rings. The van der Waals surface area contributed by atoms with E-state index in [0.717, 1.165) is 41.7 Å². The lowest BCUT2D eigenvalue weighted by Crippen LogP contribution is -2.48. The SMILES string of the molecule is CCc1nc2c(C)cc(C)nc2n1Cc1ccc(NC2CCN(C3CCN(C)CC3)CC2)cc1. The summed E-state index contributed by atoms with van der Waals surface area (Å²) in [5, 5.41) is 3.80. The minimum Gasteiger partial charge on any atom is -0.382 e. The monoisotopic (exact) mass is 460 g/mol. The van der Waals surface area contributed by atoms with E-state index in [1.807, 2.05) is 0 Å². The quantitative estimate of drug-likeness (QED) is 0.581. The lowest BCUT2D eigenvalue weighted by Gasteiger charge is -2.41. The largest absolute Gasteiger partial charge is 0.382 e. The summed E-state index contributed by atoms with van der Waals surface area (Å²) in [4.78, 5) is 14.9. The first-order chi connectivity index (χ1) is 16.5. The van der Waals surface area contributed by atoms with Crippen LogP contribution in [-0.4, -0.2) is 69.6 Å². The van der Waals surface area contributed by atoms with E-state index < -0.39 is 0 Å². The smallest absolute Gasteiger partial charge is 0.160 e. The Labute approximate surface area is 204 Å². The third kappa shape index (κ3) is 4.98. The van der Waals surface area contributed by atoms with Gasteiger partial charge in [0.1, 0.15) is 11.3 Å². The summed E-state index contributed by atoms with van der Waals surface area (Å²) in [5.41, 5.74) is 6.82. The molecular formula is C28H40N6. The van der Waals surface area contributed by atoms with Crippen molar-refractivity contribution in [3.8, 4) is 0 Å². The number of imidazole rings is 1. The molecule has 1 aromatic carbocycles. The van der Waals surface area contributed by atoms with Gasteiger partial charge < -0.3 is 19.7 Å². The number of benzene rings is 1. The van der Waals surface area contributed by atoms with Crippen LogP contribution >= 0.6 is 0 Å². The zero-order valence-corrected chi connectivity index (χ0v) is 21.3. The van der Waals surface area contributed by atoms with Crippen LogP contribution in [0.25, 0.3) is 11.2 Å². The predicted molar refractivity (Wildman–Crippen MR) is 141 cm³/mol. The summed E-state index contributed by atoms with van der Waals surface area (Å²) in [5.74, 6) is 1.11. The van der Waals surface area contributed by atoms with Gasteiger partial charge in [0.2, 0.25) is 0 Å². The highest BCUT2D eigenvalue weighted by molar-refractivity contribution is 5.76. The molecule has 0 spiro atoms. The molecule has 2 aliphatic heterocycles. The van der Waals surface area contributed by atoms with Crippen molar-refractivity contribution in [3.63, 3.8) is 0 Å². The van der Waals surface area contributed by atoms with Crippen LogP contribution in [0.15, 0.2) is 30.3 Å². The number of aromatic nitrogens is 3. The molecule has 5 rings (SSSR count). The zero-order valence-electron chi connectivity index (χ0n) is 21.3. The van der Waals surface area contributed by atoms with Gasteiger partial charge in [0.05, 0.1) is 6.54 Å². The van der Waals surface area contributed by atoms with Gasteiger partial charge in [0.15, 0.2) is 5.65 Å². The molecule has 0 saturated carbocycles. The van der Waals surface area contributed by atoms with Gasteiger partial charge >= 0.3 is 0 Å². The Balaban J connectivity index is 1.20. The Hall–Kier alpha value is -2.44. The number of hydrogen-bond donors (Lipinski definition) is 1. The van der Waals surface area contributed by atoms with Crippen molar-refractivity contribution in [2.75, 3.05) is 38.5 Å². The van der Waals surface area contributed by atoms with Crippen molar-refractivity contribution in [2.24, 2.45) is 0 Å². The van der Waals surface area contributed by atoms with Gasteiger partial charge in [-0.2, -0.15) is 0 Å². The van der Waals surface area contributed by atoms with E-state index in [-0.39, 0.29) is 0 Å². The molecule has 0 aliphatic carbocycles. The van der Waals surface area contributed by atoms with Crippen LogP contribution in [0.2, 0.25) is 0 Å². The fraction of sp³-hybridized carbons (Fsp3) is 0.571. The molecule has 3 aromatic rings. The molecule has 0 atom stereocenters. The number of hydrogen-bond acceptors (Lipinski definition) is 5. The molecule has 4 heterocycles. The standard InChI is InChI=1S/C28H40N6/c1-5-26-31-27-20(2)18-21(3)29-28(27)34(26)19-22-6-8-23(9-7-22)30-24-10-16-33(17-11-24)25-12-14-32(4)15-13-25/h6-9,18,24-25,30H,5,10-17,19H2,1-4H3. The van der Waals surface area contributed by atoms with Crippen LogP contribution in [0.1, 0.15) is 55.3 Å². The van der Waals surface area contributed by atoms with Gasteiger partial charge in [0.25, 0.3) is 0 Å². The number of aryl methyl sites for hydroxylation is 3. The van der Waals surface area contributed by atoms with E-state index in [2.05, 4.69) is 77.8 Å². The third-order valence-corrected chi connectivity index (χ3v) is 7.82. The molecule has 6 heteroatoms. The van der Waals surface area contributed by atoms with Gasteiger partial charge in [-0.3, -0.25) is 0 Å². The molecule has 2 aliphatic rings. The number of anilines is 1. The second-order valence-corrected chi connectivity index (χ2v) is 10.4. The van der Waals surface area contributed by atoms with Gasteiger partial charge in [0, 0.05) is 43.0 Å². The Bertz CT molecular complexity index is 1100. The summed E-state index contributed by atoms with van der Waals surface area (Å²) < 4.78 is 2.29. The summed E-state index contributed by atoms with van der Waals surface area (Å²) in [6, 6.07) is 12.5. The Morgan fingerprint density at radius 2 is 1.65 bits per heavy atom. The predicted octanol–water partition coefficient (Wildman–Crippen LogP) is 4.63. The second kappa shape index (κ2) is 10.0. The van der Waals surface area contributed by atoms with Crippen molar-refractivity contribution in [1.82, 2.24) is 24.3 Å². The first kappa shape index (κ1) is 23.3. The third-order valence-electron chi connectivity index (χ3n) is 7.82. The second-order valence-electron chi connectivity index (χ2n) is 10.4. The van der Waals surface area contributed by atoms with E-state index in [4.69, 9.17) is 9.97 Å². The highest BCUT2D eigenvalue weighted by Crippen LogP contribution is 2.24. The molecule has 1 N–H and O–H groups in total. The van der Waals surface area contributed by atoms with E-state index in [0.29, 0.717) is 6.04 Å². The normalized spacial score (nSPS) is 19.2. The molecule has 182 valence electrons. The van der Waals surface area contributed by atoms with Crippen molar-refractivity contribution in [3.05, 3.63) is 53.0 Å². The number of pyridine rings is 1. The molecule has 0 radical (unpaired) electrons. The molecule has 0 amide bonds. The van der Waals surface area contributed by atoms with Gasteiger partial charge in [-0.15, -0.1) is 0 Å². The van der Waals surface area contributed by atoms with Crippen LogP contribution in [0.3, 0.4) is 0 Å². The van der Waals surface area contributed by atoms with Crippen LogP contribution in [0.4, 0.5) is 5.69 Å². The maximum absolute atomic E-state index is 4.89. The van der Waals surface area contributed by atoms with E-state index in [1.54, 1.807) is 0 Å². The van der Waals surface area contributed by atoms with Crippen LogP contribution in [0, 0.1) is 13.8 Å². The number of rotatable bonds is 6. The van der Waals surface area contributed by atoms with Gasteiger partial charge in [-0.1, -0.05) is 19.1 Å². The lowest BCUT2D eigenvalue weighted by atomic mass is 9.98. The van der Waals surface area contributed by atoms with Crippen LogP contribution in [0.5, 0.6) is 0 Å². The van der Waals surface area contributed by atoms with Crippen molar-refractivity contribution >= 4 is 16.9 Å². The summed E-state index contributed by atoms with van der Waals surface area (Å²) in [6.45, 7) is 12.1. The first-order valence-electron chi connectivity index (χ1n) is 13.1. The molecule has 0 bridgehead atoms. The van der Waals surface area contributed by atoms with E-state index in [9.17, 15) is 0 Å². The summed E-state index contributed by atoms with van der Waals surface area (Å²) in [7, 11) is 2.25. The molecule has 6 nitrogen and oxygen atoms in total. The molecular weight excluding hydrogens is 420 g/mol. The number of piperidine rings is 2. The fourth-order valence-electron chi connectivity index (χ4n) is 5.78. The first-order valence-corrected chi connectivity index (χ1v) is 13.1. The van der Waals surface area contributed by atoms with Crippen LogP contribution in [-0.2, 0) is 13.0 Å². The number of fused-ring (bicyclic) bond motifs is 1. The molecule has 34 heavy (non-hydrogen) atoms. The average Bonchev–Trinajstić information content (AvgIpc) is 3.19. The minimum atomic E-state index is 0.577. The molecule has 0 unspecified atom stereocenters. The Kier molecular flexibility index (Phi) is 6.89. The fourth-order valence-corrected chi connectivity index (χ4v) is 5.78. The average molecular weight is 461 g/mol. The highest BCUT2D eigenvalue weighted by atomic mass is 15.2. The minimum absolute atomic E-state index is 0.577. The number of nitrogens with one attached hydrogen (secondary N) is 1. The van der Waals surface area contributed by atoms with Crippen molar-refractivity contribution in [2.45, 2.75) is 71.5 Å². The Morgan fingerprint density at radius 3 is 2.32 bits per heavy atom. The topological polar surface area (TPSA) is 49.2 Å². The van der Waals surface area contributed by atoms with E-state index in [1.165, 1.54) is 68.7 Å². The number of nitrogens with zero attached hydrogens (tertiary/aromatic N) is 5. The highest BCUT2D eigenvalue weighted by Gasteiger charge is 2.27. The van der Waals surface area contributed by atoms with E-state index >= 15 is 0 Å². The number of likely N-dealkylation sites (tertiary alicyclic amines) is 2. The summed E-state index contributed by atoms with van der Waals surface area (Å²) >= 11 is 0.